The highest BCUT2D eigenvalue weighted by Gasteiger charge is 2.28. The van der Waals surface area contributed by atoms with Gasteiger partial charge in [0.05, 0.1) is 16.4 Å². The normalized spacial score (nSPS) is 16.1. The number of nitrogens with zero attached hydrogens (tertiary/aromatic N) is 3. The molecule has 200 valence electrons. The van der Waals surface area contributed by atoms with Gasteiger partial charge in [0.25, 0.3) is 5.91 Å². The van der Waals surface area contributed by atoms with Gasteiger partial charge in [-0.25, -0.2) is 4.98 Å². The second-order valence-electron chi connectivity index (χ2n) is 10.0. The van der Waals surface area contributed by atoms with Crippen LogP contribution in [0.15, 0.2) is 89.5 Å². The van der Waals surface area contributed by atoms with Gasteiger partial charge in [0.1, 0.15) is 12.4 Å². The molecular weight excluding hydrogens is 570 g/mol. The van der Waals surface area contributed by atoms with Crippen LogP contribution in [-0.2, 0) is 11.3 Å². The molecule has 1 saturated carbocycles. The average Bonchev–Trinajstić information content (AvgIpc) is 3.78. The third-order valence-corrected chi connectivity index (χ3v) is 7.71. The van der Waals surface area contributed by atoms with Gasteiger partial charge in [-0.1, -0.05) is 48.5 Å². The SMILES string of the molecule is O=C(Nc1cccc(CNc2cc(-c3ccccc3C3CC3)nc3c(Br)cnn23)c1)C1COc2ccccc2O1. The van der Waals surface area contributed by atoms with Crippen LogP contribution in [0, 0.1) is 0 Å². The second-order valence-corrected chi connectivity index (χ2v) is 10.9. The van der Waals surface area contributed by atoms with E-state index < -0.39 is 6.10 Å². The van der Waals surface area contributed by atoms with Crippen molar-refractivity contribution in [3.63, 3.8) is 0 Å². The molecular formula is C31H26BrN5O3. The van der Waals surface area contributed by atoms with Gasteiger partial charge in [-0.3, -0.25) is 4.79 Å². The van der Waals surface area contributed by atoms with Crippen molar-refractivity contribution in [2.75, 3.05) is 17.2 Å². The molecule has 0 spiro atoms. The molecule has 0 saturated heterocycles. The second kappa shape index (κ2) is 10.3. The number of carbonyl (C=O) groups excluding carboxylic acids is 1. The number of hydrogen-bond acceptors (Lipinski definition) is 6. The summed E-state index contributed by atoms with van der Waals surface area (Å²) in [6.45, 7) is 0.689. The van der Waals surface area contributed by atoms with Crippen molar-refractivity contribution in [2.24, 2.45) is 0 Å². The molecule has 1 amide bonds. The smallest absolute Gasteiger partial charge is 0.269 e. The number of carbonyl (C=O) groups is 1. The van der Waals surface area contributed by atoms with Gasteiger partial charge in [-0.05, 0) is 70.1 Å². The van der Waals surface area contributed by atoms with Crippen LogP contribution in [0.4, 0.5) is 11.5 Å². The number of anilines is 2. The first-order valence-electron chi connectivity index (χ1n) is 13.3. The van der Waals surface area contributed by atoms with E-state index in [9.17, 15) is 4.79 Å². The predicted octanol–water partition coefficient (Wildman–Crippen LogP) is 6.43. The van der Waals surface area contributed by atoms with E-state index in [4.69, 9.17) is 14.5 Å². The first-order chi connectivity index (χ1) is 19.6. The molecule has 2 aromatic heterocycles. The lowest BCUT2D eigenvalue weighted by molar-refractivity contribution is -0.125. The lowest BCUT2D eigenvalue weighted by Crippen LogP contribution is -2.40. The molecule has 1 fully saturated rings. The fourth-order valence-electron chi connectivity index (χ4n) is 5.00. The van der Waals surface area contributed by atoms with Crippen molar-refractivity contribution in [3.8, 4) is 22.8 Å². The molecule has 2 N–H and O–H groups in total. The zero-order valence-corrected chi connectivity index (χ0v) is 23.1. The summed E-state index contributed by atoms with van der Waals surface area (Å²) < 4.78 is 14.2. The molecule has 2 aliphatic rings. The molecule has 0 bridgehead atoms. The van der Waals surface area contributed by atoms with Crippen molar-refractivity contribution in [3.05, 3.63) is 101 Å². The van der Waals surface area contributed by atoms with E-state index >= 15 is 0 Å². The monoisotopic (exact) mass is 595 g/mol. The van der Waals surface area contributed by atoms with Gasteiger partial charge in [0.15, 0.2) is 17.1 Å². The number of nitrogens with one attached hydrogen (secondary N) is 2. The maximum absolute atomic E-state index is 12.9. The van der Waals surface area contributed by atoms with Crippen LogP contribution in [0.25, 0.3) is 16.9 Å². The number of amides is 1. The van der Waals surface area contributed by atoms with Gasteiger partial charge in [0, 0.05) is 23.9 Å². The maximum atomic E-state index is 12.9. The van der Waals surface area contributed by atoms with E-state index in [1.807, 2.05) is 42.5 Å². The summed E-state index contributed by atoms with van der Waals surface area (Å²) in [5.41, 5.74) is 5.86. The summed E-state index contributed by atoms with van der Waals surface area (Å²) in [5, 5.41) is 11.0. The fourth-order valence-corrected chi connectivity index (χ4v) is 5.35. The Morgan fingerprint density at radius 3 is 2.70 bits per heavy atom. The zero-order chi connectivity index (χ0) is 27.1. The molecule has 1 aliphatic carbocycles. The lowest BCUT2D eigenvalue weighted by atomic mass is 10.0. The number of hydrogen-bond donors (Lipinski definition) is 2. The van der Waals surface area contributed by atoms with Crippen LogP contribution < -0.4 is 20.1 Å². The highest BCUT2D eigenvalue weighted by Crippen LogP contribution is 2.44. The Hall–Kier alpha value is -4.37. The van der Waals surface area contributed by atoms with Gasteiger partial charge in [-0.15, -0.1) is 0 Å². The lowest BCUT2D eigenvalue weighted by Gasteiger charge is -2.25. The van der Waals surface area contributed by atoms with Crippen LogP contribution in [0.3, 0.4) is 0 Å². The molecule has 1 unspecified atom stereocenters. The van der Waals surface area contributed by atoms with Crippen LogP contribution in [0.1, 0.15) is 29.9 Å². The Morgan fingerprint density at radius 1 is 1.00 bits per heavy atom. The zero-order valence-electron chi connectivity index (χ0n) is 21.5. The third kappa shape index (κ3) is 4.88. The van der Waals surface area contributed by atoms with Crippen molar-refractivity contribution in [1.82, 2.24) is 14.6 Å². The number of halogens is 1. The molecule has 7 rings (SSSR count). The Kier molecular flexibility index (Phi) is 6.36. The Labute approximate surface area is 239 Å². The standard InChI is InChI=1S/C31H26BrN5O3/c32-24-17-34-37-29(15-25(36-30(24)37)23-9-2-1-8-22(23)20-12-13-20)33-16-19-6-5-7-21(14-19)35-31(38)28-18-39-26-10-3-4-11-27(26)40-28/h1-11,14-15,17,20,28,33H,12-13,16,18H2,(H,35,38). The average molecular weight is 596 g/mol. The maximum Gasteiger partial charge on any atom is 0.269 e. The highest BCUT2D eigenvalue weighted by molar-refractivity contribution is 9.10. The number of fused-ring (bicyclic) bond motifs is 2. The molecule has 3 aromatic carbocycles. The fraction of sp³-hybridized carbons (Fsp3) is 0.194. The quantitative estimate of drug-likeness (QED) is 0.225. The van der Waals surface area contributed by atoms with Gasteiger partial charge < -0.3 is 20.1 Å². The van der Waals surface area contributed by atoms with E-state index in [0.29, 0.717) is 29.6 Å². The number of rotatable bonds is 7. The summed E-state index contributed by atoms with van der Waals surface area (Å²) in [6.07, 6.45) is 3.48. The molecule has 9 heteroatoms. The van der Waals surface area contributed by atoms with E-state index in [2.05, 4.69) is 62.0 Å². The number of ether oxygens (including phenoxy) is 2. The first-order valence-corrected chi connectivity index (χ1v) is 14.1. The summed E-state index contributed by atoms with van der Waals surface area (Å²) in [4.78, 5) is 17.9. The van der Waals surface area contributed by atoms with Gasteiger partial charge in [-0.2, -0.15) is 9.61 Å². The number of benzene rings is 3. The highest BCUT2D eigenvalue weighted by atomic mass is 79.9. The van der Waals surface area contributed by atoms with Crippen LogP contribution in [0.2, 0.25) is 0 Å². The van der Waals surface area contributed by atoms with Crippen LogP contribution in [0.5, 0.6) is 11.5 Å². The molecule has 40 heavy (non-hydrogen) atoms. The molecule has 3 heterocycles. The van der Waals surface area contributed by atoms with Crippen molar-refractivity contribution in [1.29, 1.82) is 0 Å². The first kappa shape index (κ1) is 24.7. The Bertz CT molecular complexity index is 1730. The molecule has 8 nitrogen and oxygen atoms in total. The largest absolute Gasteiger partial charge is 0.485 e. The van der Waals surface area contributed by atoms with Crippen molar-refractivity contribution < 1.29 is 14.3 Å². The minimum absolute atomic E-state index is 0.160. The summed E-state index contributed by atoms with van der Waals surface area (Å²) in [7, 11) is 0. The molecule has 1 aliphatic heterocycles. The third-order valence-electron chi connectivity index (χ3n) is 7.15. The predicted molar refractivity (Wildman–Crippen MR) is 157 cm³/mol. The molecule has 1 atom stereocenters. The van der Waals surface area contributed by atoms with Crippen LogP contribution >= 0.6 is 15.9 Å². The topological polar surface area (TPSA) is 89.8 Å². The molecule has 5 aromatic rings. The molecule has 0 radical (unpaired) electrons. The van der Waals surface area contributed by atoms with E-state index in [1.54, 1.807) is 16.8 Å². The van der Waals surface area contributed by atoms with Gasteiger partial charge >= 0.3 is 0 Å². The van der Waals surface area contributed by atoms with E-state index in [1.165, 1.54) is 18.4 Å². The Morgan fingerprint density at radius 2 is 1.82 bits per heavy atom. The number of para-hydroxylation sites is 2. The van der Waals surface area contributed by atoms with Crippen molar-refractivity contribution >= 4 is 39.0 Å². The minimum atomic E-state index is -0.725. The minimum Gasteiger partial charge on any atom is -0.485 e. The summed E-state index contributed by atoms with van der Waals surface area (Å²) >= 11 is 3.60. The number of aromatic nitrogens is 3. The summed E-state index contributed by atoms with van der Waals surface area (Å²) in [5.74, 6) is 2.40. The summed E-state index contributed by atoms with van der Waals surface area (Å²) in [6, 6.07) is 25.7. The Balaban J connectivity index is 1.09. The van der Waals surface area contributed by atoms with Crippen LogP contribution in [-0.4, -0.2) is 33.2 Å². The van der Waals surface area contributed by atoms with E-state index in [-0.39, 0.29) is 12.5 Å². The van der Waals surface area contributed by atoms with Gasteiger partial charge in [0.2, 0.25) is 6.10 Å². The van der Waals surface area contributed by atoms with E-state index in [0.717, 1.165) is 32.8 Å². The van der Waals surface area contributed by atoms with Crippen molar-refractivity contribution in [2.45, 2.75) is 31.4 Å².